The van der Waals surface area contributed by atoms with Gasteiger partial charge in [-0.3, -0.25) is 5.10 Å². The van der Waals surface area contributed by atoms with E-state index in [1.165, 1.54) is 7.11 Å². The van der Waals surface area contributed by atoms with E-state index in [2.05, 4.69) is 22.0 Å². The Bertz CT molecular complexity index is 662. The van der Waals surface area contributed by atoms with Crippen LogP contribution in [-0.2, 0) is 9.53 Å². The SMILES string of the molecule is COC(=O)c1cc(C#CCC=O)cc2[nH]ncc12. The molecule has 1 aromatic carbocycles. The lowest BCUT2D eigenvalue weighted by atomic mass is 10.1. The minimum Gasteiger partial charge on any atom is -0.465 e. The zero-order valence-corrected chi connectivity index (χ0v) is 9.69. The van der Waals surface area contributed by atoms with E-state index in [0.717, 1.165) is 6.29 Å². The van der Waals surface area contributed by atoms with E-state index < -0.39 is 5.97 Å². The summed E-state index contributed by atoms with van der Waals surface area (Å²) >= 11 is 0. The van der Waals surface area contributed by atoms with Gasteiger partial charge in [-0.25, -0.2) is 4.79 Å². The van der Waals surface area contributed by atoms with Gasteiger partial charge in [0.1, 0.15) is 6.29 Å². The predicted molar refractivity (Wildman–Crippen MR) is 65.0 cm³/mol. The van der Waals surface area contributed by atoms with Crippen molar-refractivity contribution in [3.8, 4) is 11.8 Å². The molecule has 0 saturated carbocycles. The number of nitrogens with one attached hydrogen (secondary N) is 1. The second-order valence-electron chi connectivity index (χ2n) is 3.52. The Labute approximate surface area is 103 Å². The molecular weight excluding hydrogens is 232 g/mol. The second kappa shape index (κ2) is 5.15. The summed E-state index contributed by atoms with van der Waals surface area (Å²) in [6.45, 7) is 0. The molecule has 0 radical (unpaired) electrons. The number of carbonyl (C=O) groups is 2. The number of nitrogens with zero attached hydrogens (tertiary/aromatic N) is 1. The third kappa shape index (κ3) is 2.23. The van der Waals surface area contributed by atoms with E-state index in [0.29, 0.717) is 22.0 Å². The summed E-state index contributed by atoms with van der Waals surface area (Å²) in [5, 5.41) is 7.34. The minimum atomic E-state index is -0.444. The Hall–Kier alpha value is -2.61. The summed E-state index contributed by atoms with van der Waals surface area (Å²) in [5.41, 5.74) is 1.74. The Morgan fingerprint density at radius 2 is 2.39 bits per heavy atom. The van der Waals surface area contributed by atoms with Crippen molar-refractivity contribution < 1.29 is 14.3 Å². The number of hydrogen-bond donors (Lipinski definition) is 1. The summed E-state index contributed by atoms with van der Waals surface area (Å²) in [6, 6.07) is 3.40. The summed E-state index contributed by atoms with van der Waals surface area (Å²) in [7, 11) is 1.32. The van der Waals surface area contributed by atoms with Crippen LogP contribution in [0.5, 0.6) is 0 Å². The fraction of sp³-hybridized carbons (Fsp3) is 0.154. The van der Waals surface area contributed by atoms with Crippen LogP contribution in [0.3, 0.4) is 0 Å². The van der Waals surface area contributed by atoms with Gasteiger partial charge in [0.2, 0.25) is 0 Å². The van der Waals surface area contributed by atoms with Crippen LogP contribution in [0.1, 0.15) is 22.3 Å². The van der Waals surface area contributed by atoms with E-state index in [9.17, 15) is 9.59 Å². The summed E-state index contributed by atoms with van der Waals surface area (Å²) in [5.74, 6) is 5.05. The topological polar surface area (TPSA) is 72.1 Å². The second-order valence-corrected chi connectivity index (χ2v) is 3.52. The highest BCUT2D eigenvalue weighted by atomic mass is 16.5. The highest BCUT2D eigenvalue weighted by Gasteiger charge is 2.12. The maximum Gasteiger partial charge on any atom is 0.338 e. The molecule has 5 nitrogen and oxygen atoms in total. The number of methoxy groups -OCH3 is 1. The standard InChI is InChI=1S/C13H10N2O3/c1-18-13(17)10-6-9(4-2-3-5-16)7-12-11(10)8-14-15-12/h5-8H,3H2,1H3,(H,14,15). The van der Waals surface area contributed by atoms with Gasteiger partial charge < -0.3 is 9.53 Å². The van der Waals surface area contributed by atoms with E-state index in [-0.39, 0.29) is 6.42 Å². The number of H-pyrrole nitrogens is 1. The predicted octanol–water partition coefficient (Wildman–Crippen LogP) is 1.29. The first-order valence-electron chi connectivity index (χ1n) is 5.24. The van der Waals surface area contributed by atoms with Crippen molar-refractivity contribution in [3.63, 3.8) is 0 Å². The number of fused-ring (bicyclic) bond motifs is 1. The van der Waals surface area contributed by atoms with Gasteiger partial charge in [0, 0.05) is 10.9 Å². The molecule has 0 saturated heterocycles. The maximum atomic E-state index is 11.6. The first-order chi connectivity index (χ1) is 8.76. The molecule has 0 fully saturated rings. The Kier molecular flexibility index (Phi) is 3.39. The lowest BCUT2D eigenvalue weighted by Crippen LogP contribution is -2.02. The molecular formula is C13H10N2O3. The first-order valence-corrected chi connectivity index (χ1v) is 5.24. The van der Waals surface area contributed by atoms with Crippen molar-refractivity contribution in [1.29, 1.82) is 0 Å². The normalized spacial score (nSPS) is 9.61. The van der Waals surface area contributed by atoms with Gasteiger partial charge in [-0.05, 0) is 12.1 Å². The summed E-state index contributed by atoms with van der Waals surface area (Å²) < 4.78 is 4.71. The summed E-state index contributed by atoms with van der Waals surface area (Å²) in [4.78, 5) is 21.8. The van der Waals surface area contributed by atoms with Crippen molar-refractivity contribution >= 4 is 23.2 Å². The number of aldehydes is 1. The van der Waals surface area contributed by atoms with Crippen molar-refractivity contribution in [2.24, 2.45) is 0 Å². The van der Waals surface area contributed by atoms with Gasteiger partial charge in [0.05, 0.1) is 30.8 Å². The third-order valence-corrected chi connectivity index (χ3v) is 2.38. The monoisotopic (exact) mass is 242 g/mol. The van der Waals surface area contributed by atoms with Crippen LogP contribution in [0.2, 0.25) is 0 Å². The Morgan fingerprint density at radius 3 is 3.11 bits per heavy atom. The van der Waals surface area contributed by atoms with Gasteiger partial charge in [-0.15, -0.1) is 0 Å². The average molecular weight is 242 g/mol. The lowest BCUT2D eigenvalue weighted by Gasteiger charge is -2.01. The van der Waals surface area contributed by atoms with Gasteiger partial charge in [-0.2, -0.15) is 5.10 Å². The molecule has 2 aromatic rings. The lowest BCUT2D eigenvalue weighted by molar-refractivity contribution is -0.107. The number of aromatic nitrogens is 2. The molecule has 0 aliphatic carbocycles. The molecule has 1 N–H and O–H groups in total. The molecule has 1 aromatic heterocycles. The fourth-order valence-electron chi connectivity index (χ4n) is 1.60. The quantitative estimate of drug-likeness (QED) is 0.489. The number of benzene rings is 1. The number of rotatable bonds is 2. The molecule has 0 aliphatic rings. The van der Waals surface area contributed by atoms with Crippen LogP contribution in [0, 0.1) is 11.8 Å². The average Bonchev–Trinajstić information content (AvgIpc) is 2.85. The van der Waals surface area contributed by atoms with E-state index in [1.807, 2.05) is 0 Å². The van der Waals surface area contributed by atoms with Crippen molar-refractivity contribution in [2.45, 2.75) is 6.42 Å². The van der Waals surface area contributed by atoms with Crippen molar-refractivity contribution in [3.05, 3.63) is 29.5 Å². The molecule has 5 heteroatoms. The number of hydrogen-bond acceptors (Lipinski definition) is 4. The Balaban J connectivity index is 2.54. The molecule has 0 atom stereocenters. The van der Waals surface area contributed by atoms with Crippen LogP contribution in [-0.4, -0.2) is 29.6 Å². The zero-order chi connectivity index (χ0) is 13.0. The molecule has 0 amide bonds. The van der Waals surface area contributed by atoms with Crippen LogP contribution >= 0.6 is 0 Å². The minimum absolute atomic E-state index is 0.161. The molecule has 2 rings (SSSR count). The zero-order valence-electron chi connectivity index (χ0n) is 9.69. The molecule has 90 valence electrons. The van der Waals surface area contributed by atoms with E-state index in [1.54, 1.807) is 18.3 Å². The van der Waals surface area contributed by atoms with Crippen LogP contribution in [0.15, 0.2) is 18.3 Å². The van der Waals surface area contributed by atoms with Crippen molar-refractivity contribution in [2.75, 3.05) is 7.11 Å². The molecule has 0 unspecified atom stereocenters. The number of esters is 1. The maximum absolute atomic E-state index is 11.6. The smallest absolute Gasteiger partial charge is 0.338 e. The van der Waals surface area contributed by atoms with E-state index >= 15 is 0 Å². The van der Waals surface area contributed by atoms with Gasteiger partial charge in [-0.1, -0.05) is 11.8 Å². The molecule has 18 heavy (non-hydrogen) atoms. The largest absolute Gasteiger partial charge is 0.465 e. The third-order valence-electron chi connectivity index (χ3n) is 2.38. The van der Waals surface area contributed by atoms with Crippen LogP contribution in [0.25, 0.3) is 10.9 Å². The fourth-order valence-corrected chi connectivity index (χ4v) is 1.60. The number of carbonyl (C=O) groups excluding carboxylic acids is 2. The molecule has 0 spiro atoms. The highest BCUT2D eigenvalue weighted by Crippen LogP contribution is 2.19. The van der Waals surface area contributed by atoms with E-state index in [4.69, 9.17) is 4.74 Å². The van der Waals surface area contributed by atoms with Gasteiger partial charge in [0.15, 0.2) is 0 Å². The summed E-state index contributed by atoms with van der Waals surface area (Å²) in [6.07, 6.45) is 2.45. The molecule has 0 bridgehead atoms. The van der Waals surface area contributed by atoms with Gasteiger partial charge >= 0.3 is 5.97 Å². The number of aromatic amines is 1. The molecule has 1 heterocycles. The van der Waals surface area contributed by atoms with Crippen molar-refractivity contribution in [1.82, 2.24) is 10.2 Å². The molecule has 0 aliphatic heterocycles. The highest BCUT2D eigenvalue weighted by molar-refractivity contribution is 6.03. The Morgan fingerprint density at radius 1 is 1.56 bits per heavy atom. The first kappa shape index (κ1) is 11.9. The van der Waals surface area contributed by atoms with Crippen LogP contribution in [0.4, 0.5) is 0 Å². The number of ether oxygens (including phenoxy) is 1. The van der Waals surface area contributed by atoms with Crippen LogP contribution < -0.4 is 0 Å². The van der Waals surface area contributed by atoms with Gasteiger partial charge in [0.25, 0.3) is 0 Å².